The van der Waals surface area contributed by atoms with E-state index >= 15 is 0 Å². The van der Waals surface area contributed by atoms with Crippen LogP contribution < -0.4 is 5.32 Å². The molecule has 0 spiro atoms. The fraction of sp³-hybridized carbons (Fsp3) is 0.429. The number of amides is 1. The van der Waals surface area contributed by atoms with Gasteiger partial charge in [-0.2, -0.15) is 5.10 Å². The number of nitrogens with one attached hydrogen (secondary N) is 1. The minimum absolute atomic E-state index is 0. The van der Waals surface area contributed by atoms with Crippen LogP contribution in [0.25, 0.3) is 5.52 Å². The molecule has 5 nitrogen and oxygen atoms in total. The van der Waals surface area contributed by atoms with Crippen LogP contribution in [0.15, 0.2) is 30.6 Å². The Morgan fingerprint density at radius 1 is 1.40 bits per heavy atom. The first-order valence-electron chi connectivity index (χ1n) is 6.63. The van der Waals surface area contributed by atoms with Crippen LogP contribution in [0.5, 0.6) is 0 Å². The van der Waals surface area contributed by atoms with Gasteiger partial charge < -0.3 is 10.2 Å². The van der Waals surface area contributed by atoms with Gasteiger partial charge in [0.05, 0.1) is 17.3 Å². The summed E-state index contributed by atoms with van der Waals surface area (Å²) in [6.07, 6.45) is 3.52. The highest BCUT2D eigenvalue weighted by Crippen LogP contribution is 2.16. The Kier molecular flexibility index (Phi) is 4.30. The van der Waals surface area contributed by atoms with Gasteiger partial charge >= 0.3 is 0 Å². The van der Waals surface area contributed by atoms with Gasteiger partial charge in [0.2, 0.25) is 0 Å². The highest BCUT2D eigenvalue weighted by molar-refractivity contribution is 6.00. The van der Waals surface area contributed by atoms with Gasteiger partial charge in [-0.05, 0) is 26.0 Å². The van der Waals surface area contributed by atoms with Crippen LogP contribution in [0.4, 0.5) is 0 Å². The SMILES string of the molecule is CC1CN(C(=O)c2cnn3ccccc23)C(C)CN1.Cl. The molecule has 0 bridgehead atoms. The van der Waals surface area contributed by atoms with Crippen LogP contribution in [0.1, 0.15) is 24.2 Å². The van der Waals surface area contributed by atoms with Crippen molar-refractivity contribution in [1.29, 1.82) is 0 Å². The van der Waals surface area contributed by atoms with Crippen molar-refractivity contribution in [1.82, 2.24) is 19.8 Å². The second-order valence-corrected chi connectivity index (χ2v) is 5.20. The number of carbonyl (C=O) groups is 1. The monoisotopic (exact) mass is 294 g/mol. The largest absolute Gasteiger partial charge is 0.333 e. The van der Waals surface area contributed by atoms with Crippen LogP contribution in [0, 0.1) is 0 Å². The van der Waals surface area contributed by atoms with E-state index in [0.29, 0.717) is 11.6 Å². The Morgan fingerprint density at radius 3 is 3.00 bits per heavy atom. The molecule has 1 saturated heterocycles. The summed E-state index contributed by atoms with van der Waals surface area (Å²) in [4.78, 5) is 14.6. The molecule has 1 fully saturated rings. The molecule has 0 radical (unpaired) electrons. The lowest BCUT2D eigenvalue weighted by atomic mass is 10.1. The van der Waals surface area contributed by atoms with Crippen molar-refractivity contribution >= 4 is 23.8 Å². The minimum atomic E-state index is 0. The zero-order chi connectivity index (χ0) is 13.4. The molecule has 3 rings (SSSR count). The third-order valence-electron chi connectivity index (χ3n) is 3.68. The van der Waals surface area contributed by atoms with E-state index < -0.39 is 0 Å². The van der Waals surface area contributed by atoms with Crippen molar-refractivity contribution in [3.63, 3.8) is 0 Å². The van der Waals surface area contributed by atoms with Crippen LogP contribution in [-0.4, -0.2) is 45.6 Å². The summed E-state index contributed by atoms with van der Waals surface area (Å²) >= 11 is 0. The molecule has 1 aliphatic rings. The highest BCUT2D eigenvalue weighted by Gasteiger charge is 2.28. The zero-order valence-electron chi connectivity index (χ0n) is 11.6. The number of piperazine rings is 1. The summed E-state index contributed by atoms with van der Waals surface area (Å²) in [5.41, 5.74) is 1.55. The number of fused-ring (bicyclic) bond motifs is 1. The molecule has 6 heteroatoms. The zero-order valence-corrected chi connectivity index (χ0v) is 12.4. The smallest absolute Gasteiger partial charge is 0.258 e. The molecular formula is C14H19ClN4O. The van der Waals surface area contributed by atoms with Gasteiger partial charge in [0.25, 0.3) is 5.91 Å². The Hall–Kier alpha value is -1.59. The average molecular weight is 295 g/mol. The maximum atomic E-state index is 12.7. The van der Waals surface area contributed by atoms with Crippen molar-refractivity contribution < 1.29 is 4.79 Å². The maximum absolute atomic E-state index is 12.7. The van der Waals surface area contributed by atoms with Gasteiger partial charge in [-0.15, -0.1) is 12.4 Å². The summed E-state index contributed by atoms with van der Waals surface area (Å²) < 4.78 is 1.74. The first-order chi connectivity index (χ1) is 9.16. The lowest BCUT2D eigenvalue weighted by Gasteiger charge is -2.37. The number of aromatic nitrogens is 2. The van der Waals surface area contributed by atoms with Gasteiger partial charge in [0.15, 0.2) is 0 Å². The van der Waals surface area contributed by atoms with Crippen molar-refractivity contribution in [2.45, 2.75) is 25.9 Å². The lowest BCUT2D eigenvalue weighted by Crippen LogP contribution is -2.56. The van der Waals surface area contributed by atoms with Crippen LogP contribution in [0.3, 0.4) is 0 Å². The maximum Gasteiger partial charge on any atom is 0.258 e. The molecule has 2 atom stereocenters. The summed E-state index contributed by atoms with van der Waals surface area (Å²) in [7, 11) is 0. The molecule has 108 valence electrons. The molecular weight excluding hydrogens is 276 g/mol. The fourth-order valence-electron chi connectivity index (χ4n) is 2.56. The van der Waals surface area contributed by atoms with Gasteiger partial charge in [-0.25, -0.2) is 4.52 Å². The number of hydrogen-bond acceptors (Lipinski definition) is 3. The molecule has 3 heterocycles. The van der Waals surface area contributed by atoms with Crippen LogP contribution in [0.2, 0.25) is 0 Å². The molecule has 2 aromatic heterocycles. The normalized spacial score (nSPS) is 22.6. The molecule has 20 heavy (non-hydrogen) atoms. The van der Waals surface area contributed by atoms with Crippen molar-refractivity contribution in [3.8, 4) is 0 Å². The number of carbonyl (C=O) groups excluding carboxylic acids is 1. The van der Waals surface area contributed by atoms with E-state index in [4.69, 9.17) is 0 Å². The van der Waals surface area contributed by atoms with E-state index in [9.17, 15) is 4.79 Å². The molecule has 0 aromatic carbocycles. The molecule has 2 unspecified atom stereocenters. The van der Waals surface area contributed by atoms with Crippen molar-refractivity contribution in [2.24, 2.45) is 0 Å². The number of rotatable bonds is 1. The highest BCUT2D eigenvalue weighted by atomic mass is 35.5. The van der Waals surface area contributed by atoms with E-state index in [-0.39, 0.29) is 24.4 Å². The Morgan fingerprint density at radius 2 is 2.20 bits per heavy atom. The third kappa shape index (κ3) is 2.51. The van der Waals surface area contributed by atoms with Gasteiger partial charge in [0, 0.05) is 31.4 Å². The van der Waals surface area contributed by atoms with E-state index in [1.54, 1.807) is 10.7 Å². The topological polar surface area (TPSA) is 49.6 Å². The summed E-state index contributed by atoms with van der Waals surface area (Å²) in [6, 6.07) is 6.31. The van der Waals surface area contributed by atoms with Gasteiger partial charge in [-0.3, -0.25) is 4.79 Å². The Balaban J connectivity index is 0.00000147. The van der Waals surface area contributed by atoms with Gasteiger partial charge in [-0.1, -0.05) is 6.07 Å². The first-order valence-corrected chi connectivity index (χ1v) is 6.63. The summed E-state index contributed by atoms with van der Waals surface area (Å²) in [5.74, 6) is 0.0713. The quantitative estimate of drug-likeness (QED) is 0.869. The fourth-order valence-corrected chi connectivity index (χ4v) is 2.56. The third-order valence-corrected chi connectivity index (χ3v) is 3.68. The van der Waals surface area contributed by atoms with Crippen molar-refractivity contribution in [3.05, 3.63) is 36.2 Å². The van der Waals surface area contributed by atoms with Gasteiger partial charge in [0.1, 0.15) is 0 Å². The van der Waals surface area contributed by atoms with E-state index in [2.05, 4.69) is 24.3 Å². The van der Waals surface area contributed by atoms with E-state index in [1.165, 1.54) is 0 Å². The average Bonchev–Trinajstić information content (AvgIpc) is 2.84. The molecule has 0 aliphatic carbocycles. The first kappa shape index (κ1) is 14.8. The lowest BCUT2D eigenvalue weighted by molar-refractivity contribution is 0.0618. The number of halogens is 1. The summed E-state index contributed by atoms with van der Waals surface area (Å²) in [5, 5.41) is 7.62. The van der Waals surface area contributed by atoms with E-state index in [1.807, 2.05) is 29.3 Å². The standard InChI is InChI=1S/C14H18N4O.ClH/c1-10-9-17(11(2)7-15-10)14(19)12-8-16-18-6-4-3-5-13(12)18;/h3-6,8,10-11,15H,7,9H2,1-2H3;1H. The summed E-state index contributed by atoms with van der Waals surface area (Å²) in [6.45, 7) is 5.75. The molecule has 1 amide bonds. The molecule has 1 aliphatic heterocycles. The van der Waals surface area contributed by atoms with Crippen molar-refractivity contribution in [2.75, 3.05) is 13.1 Å². The van der Waals surface area contributed by atoms with Crippen LogP contribution in [-0.2, 0) is 0 Å². The second kappa shape index (κ2) is 5.81. The number of nitrogens with zero attached hydrogens (tertiary/aromatic N) is 3. The predicted octanol–water partition coefficient (Wildman–Crippen LogP) is 1.58. The molecule has 0 saturated carbocycles. The van der Waals surface area contributed by atoms with Crippen LogP contribution >= 0.6 is 12.4 Å². The number of pyridine rings is 1. The second-order valence-electron chi connectivity index (χ2n) is 5.20. The number of hydrogen-bond donors (Lipinski definition) is 1. The minimum Gasteiger partial charge on any atom is -0.333 e. The predicted molar refractivity (Wildman–Crippen MR) is 80.4 cm³/mol. The molecule has 1 N–H and O–H groups in total. The van der Waals surface area contributed by atoms with E-state index in [0.717, 1.165) is 18.6 Å². The Labute approximate surface area is 124 Å². The Bertz CT molecular complexity index is 612. The molecule has 2 aromatic rings.